The molecule has 0 bridgehead atoms. The van der Waals surface area contributed by atoms with Gasteiger partial charge in [0.05, 0.1) is 21.4 Å². The van der Waals surface area contributed by atoms with E-state index in [2.05, 4.69) is 0 Å². The summed E-state index contributed by atoms with van der Waals surface area (Å²) in [5.74, 6) is -0.362. The van der Waals surface area contributed by atoms with E-state index in [4.69, 9.17) is 27.9 Å². The minimum atomic E-state index is -3.11. The second-order valence-corrected chi connectivity index (χ2v) is 7.69. The van der Waals surface area contributed by atoms with Crippen molar-refractivity contribution >= 4 is 39.0 Å². The molecule has 0 heterocycles. The van der Waals surface area contributed by atoms with Crippen LogP contribution >= 0.6 is 23.2 Å². The molecule has 0 aliphatic heterocycles. The second-order valence-electron chi connectivity index (χ2n) is 4.73. The lowest BCUT2D eigenvalue weighted by Crippen LogP contribution is -2.09. The Bertz CT molecular complexity index is 799. The molecule has 0 atom stereocenters. The molecule has 4 nitrogen and oxygen atoms in total. The van der Waals surface area contributed by atoms with Crippen LogP contribution in [0.2, 0.25) is 10.0 Å². The minimum Gasteiger partial charge on any atom is -0.423 e. The summed E-state index contributed by atoms with van der Waals surface area (Å²) in [6.45, 7) is 0. The average molecular weight is 359 g/mol. The van der Waals surface area contributed by atoms with Crippen molar-refractivity contribution in [2.24, 2.45) is 0 Å². The van der Waals surface area contributed by atoms with E-state index >= 15 is 0 Å². The monoisotopic (exact) mass is 358 g/mol. The lowest BCUT2D eigenvalue weighted by Gasteiger charge is -2.06. The minimum absolute atomic E-state index is 0.0743. The number of rotatable bonds is 4. The molecule has 2 aromatic rings. The molecule has 0 fully saturated rings. The van der Waals surface area contributed by atoms with Crippen LogP contribution < -0.4 is 4.74 Å². The van der Waals surface area contributed by atoms with Crippen molar-refractivity contribution in [1.82, 2.24) is 0 Å². The number of carbonyl (C=O) groups excluding carboxylic acids is 1. The molecule has 0 saturated heterocycles. The van der Waals surface area contributed by atoms with E-state index in [1.165, 1.54) is 30.3 Å². The van der Waals surface area contributed by atoms with Crippen LogP contribution in [0.15, 0.2) is 42.5 Å². The third kappa shape index (κ3) is 4.73. The molecule has 116 valence electrons. The quantitative estimate of drug-likeness (QED) is 0.616. The van der Waals surface area contributed by atoms with Crippen LogP contribution in [0.3, 0.4) is 0 Å². The number of benzene rings is 2. The van der Waals surface area contributed by atoms with Crippen molar-refractivity contribution in [3.05, 3.63) is 63.6 Å². The van der Waals surface area contributed by atoms with Crippen LogP contribution in [-0.2, 0) is 15.6 Å². The summed E-state index contributed by atoms with van der Waals surface area (Å²) in [5, 5.41) is 0.655. The molecule has 0 aliphatic carbocycles. The molecule has 7 heteroatoms. The summed E-state index contributed by atoms with van der Waals surface area (Å²) in [5.41, 5.74) is 0.914. The highest BCUT2D eigenvalue weighted by molar-refractivity contribution is 7.89. The van der Waals surface area contributed by atoms with Gasteiger partial charge in [-0.1, -0.05) is 35.3 Å². The molecule has 2 aromatic carbocycles. The summed E-state index contributed by atoms with van der Waals surface area (Å²) >= 11 is 11.6. The maximum Gasteiger partial charge on any atom is 0.343 e. The van der Waals surface area contributed by atoms with Gasteiger partial charge in [0.25, 0.3) is 0 Å². The Morgan fingerprint density at radius 1 is 1.05 bits per heavy atom. The number of sulfone groups is 1. The van der Waals surface area contributed by atoms with Gasteiger partial charge in [-0.05, 0) is 29.8 Å². The van der Waals surface area contributed by atoms with Gasteiger partial charge < -0.3 is 4.74 Å². The molecule has 0 aromatic heterocycles. The normalized spacial score (nSPS) is 11.2. The molecule has 0 unspecified atom stereocenters. The molecule has 0 spiro atoms. The molecular weight excluding hydrogens is 347 g/mol. The van der Waals surface area contributed by atoms with E-state index in [1.54, 1.807) is 12.1 Å². The highest BCUT2D eigenvalue weighted by atomic mass is 35.5. The number of hydrogen-bond donors (Lipinski definition) is 0. The van der Waals surface area contributed by atoms with Gasteiger partial charge in [0.15, 0.2) is 9.84 Å². The molecule has 2 rings (SSSR count). The zero-order chi connectivity index (χ0) is 16.3. The fourth-order valence-corrected chi connectivity index (χ4v) is 2.83. The maximum absolute atomic E-state index is 12.0. The fraction of sp³-hybridized carbons (Fsp3) is 0.133. The molecular formula is C15H12Cl2O4S. The Morgan fingerprint density at radius 3 is 2.23 bits per heavy atom. The first-order chi connectivity index (χ1) is 10.2. The van der Waals surface area contributed by atoms with Crippen LogP contribution in [0.1, 0.15) is 15.9 Å². The Labute approximate surface area is 138 Å². The highest BCUT2D eigenvalue weighted by Gasteiger charge is 2.11. The van der Waals surface area contributed by atoms with Gasteiger partial charge in [0, 0.05) is 12.3 Å². The van der Waals surface area contributed by atoms with E-state index < -0.39 is 15.8 Å². The lowest BCUT2D eigenvalue weighted by molar-refractivity contribution is 0.0735. The number of carbonyl (C=O) groups is 1. The third-order valence-electron chi connectivity index (χ3n) is 2.72. The first-order valence-corrected chi connectivity index (χ1v) is 9.00. The lowest BCUT2D eigenvalue weighted by atomic mass is 10.1. The Kier molecular flexibility index (Phi) is 5.11. The summed E-state index contributed by atoms with van der Waals surface area (Å²) in [7, 11) is -3.11. The summed E-state index contributed by atoms with van der Waals surface area (Å²) in [6, 6.07) is 10.7. The van der Waals surface area contributed by atoms with Gasteiger partial charge in [-0.3, -0.25) is 0 Å². The molecule has 0 saturated carbocycles. The first-order valence-electron chi connectivity index (χ1n) is 6.18. The van der Waals surface area contributed by atoms with Crippen molar-refractivity contribution in [3.8, 4) is 5.75 Å². The largest absolute Gasteiger partial charge is 0.423 e. The maximum atomic E-state index is 12.0. The van der Waals surface area contributed by atoms with E-state index in [-0.39, 0.29) is 16.5 Å². The predicted octanol–water partition coefficient (Wildman–Crippen LogP) is 3.76. The van der Waals surface area contributed by atoms with Crippen LogP contribution in [0.4, 0.5) is 0 Å². The zero-order valence-corrected chi connectivity index (χ0v) is 13.9. The standard InChI is InChI=1S/C15H12Cl2O4S/c1-22(19,20)9-10-2-4-11(5-3-10)15(18)21-12-6-7-13(16)14(17)8-12/h2-8H,9H2,1H3. The van der Waals surface area contributed by atoms with Crippen LogP contribution in [0.5, 0.6) is 5.75 Å². The van der Waals surface area contributed by atoms with Crippen molar-refractivity contribution in [2.75, 3.05) is 6.26 Å². The molecule has 0 N–H and O–H groups in total. The smallest absolute Gasteiger partial charge is 0.343 e. The Morgan fingerprint density at radius 2 is 1.68 bits per heavy atom. The molecule has 22 heavy (non-hydrogen) atoms. The van der Waals surface area contributed by atoms with Crippen molar-refractivity contribution in [2.45, 2.75) is 5.75 Å². The first kappa shape index (κ1) is 16.8. The fourth-order valence-electron chi connectivity index (χ4n) is 1.75. The average Bonchev–Trinajstić information content (AvgIpc) is 2.42. The van der Waals surface area contributed by atoms with Gasteiger partial charge in [-0.25, -0.2) is 13.2 Å². The van der Waals surface area contributed by atoms with Gasteiger partial charge in [-0.15, -0.1) is 0 Å². The van der Waals surface area contributed by atoms with Crippen molar-refractivity contribution in [1.29, 1.82) is 0 Å². The second kappa shape index (κ2) is 6.69. The van der Waals surface area contributed by atoms with Crippen LogP contribution in [0.25, 0.3) is 0 Å². The summed E-state index contributed by atoms with van der Waals surface area (Å²) in [6.07, 6.45) is 1.15. The Balaban J connectivity index is 2.11. The van der Waals surface area contributed by atoms with E-state index in [9.17, 15) is 13.2 Å². The summed E-state index contributed by atoms with van der Waals surface area (Å²) < 4.78 is 27.6. The topological polar surface area (TPSA) is 60.4 Å². The Hall–Kier alpha value is -1.56. The highest BCUT2D eigenvalue weighted by Crippen LogP contribution is 2.26. The third-order valence-corrected chi connectivity index (χ3v) is 4.32. The van der Waals surface area contributed by atoms with Gasteiger partial charge >= 0.3 is 5.97 Å². The molecule has 0 amide bonds. The van der Waals surface area contributed by atoms with Crippen molar-refractivity contribution in [3.63, 3.8) is 0 Å². The summed E-state index contributed by atoms with van der Waals surface area (Å²) in [4.78, 5) is 12.0. The number of esters is 1. The van der Waals surface area contributed by atoms with Crippen LogP contribution in [-0.4, -0.2) is 20.6 Å². The van der Waals surface area contributed by atoms with Gasteiger partial charge in [0.1, 0.15) is 5.75 Å². The zero-order valence-electron chi connectivity index (χ0n) is 11.5. The SMILES string of the molecule is CS(=O)(=O)Cc1ccc(C(=O)Oc2ccc(Cl)c(Cl)c2)cc1. The predicted molar refractivity (Wildman–Crippen MR) is 86.4 cm³/mol. The van der Waals surface area contributed by atoms with E-state index in [1.807, 2.05) is 0 Å². The van der Waals surface area contributed by atoms with Gasteiger partial charge in [0.2, 0.25) is 0 Å². The number of halogens is 2. The van der Waals surface area contributed by atoms with E-state index in [0.717, 1.165) is 6.26 Å². The molecule has 0 radical (unpaired) electrons. The van der Waals surface area contributed by atoms with Gasteiger partial charge in [-0.2, -0.15) is 0 Å². The molecule has 0 aliphatic rings. The van der Waals surface area contributed by atoms with Crippen molar-refractivity contribution < 1.29 is 17.9 Å². The van der Waals surface area contributed by atoms with E-state index in [0.29, 0.717) is 16.1 Å². The van der Waals surface area contributed by atoms with Crippen LogP contribution in [0, 0.1) is 0 Å². The number of ether oxygens (including phenoxy) is 1. The number of hydrogen-bond acceptors (Lipinski definition) is 4.